The third-order valence-electron chi connectivity index (χ3n) is 5.05. The highest BCUT2D eigenvalue weighted by Crippen LogP contribution is 2.27. The summed E-state index contributed by atoms with van der Waals surface area (Å²) in [6, 6.07) is 10.4. The van der Waals surface area contributed by atoms with E-state index >= 15 is 0 Å². The Morgan fingerprint density at radius 3 is 2.48 bits per heavy atom. The second kappa shape index (κ2) is 10.4. The molecule has 0 bridgehead atoms. The number of carbonyl (C=O) groups excluding carboxylic acids is 2. The van der Waals surface area contributed by atoms with E-state index in [1.165, 1.54) is 30.3 Å². The fourth-order valence-corrected chi connectivity index (χ4v) is 3.89. The van der Waals surface area contributed by atoms with E-state index in [9.17, 15) is 19.7 Å². The maximum atomic E-state index is 13.0. The average molecular weight is 462 g/mol. The number of nitro benzene ring substituents is 1. The van der Waals surface area contributed by atoms with Crippen LogP contribution in [0.5, 0.6) is 0 Å². The lowest BCUT2D eigenvalue weighted by Gasteiger charge is -2.21. The zero-order chi connectivity index (χ0) is 22.4. The topological polar surface area (TPSA) is 101 Å². The van der Waals surface area contributed by atoms with Gasteiger partial charge in [-0.1, -0.05) is 54.6 Å². The number of hydrogen-bond acceptors (Lipinski definition) is 4. The average Bonchev–Trinajstić information content (AvgIpc) is 2.76. The Morgan fingerprint density at radius 2 is 1.81 bits per heavy atom. The molecular formula is C22H21Cl2N3O4. The van der Waals surface area contributed by atoms with E-state index < -0.39 is 10.8 Å². The van der Waals surface area contributed by atoms with Crippen LogP contribution < -0.4 is 10.6 Å². The molecule has 1 aliphatic rings. The van der Waals surface area contributed by atoms with Gasteiger partial charge in [0.15, 0.2) is 0 Å². The van der Waals surface area contributed by atoms with Gasteiger partial charge >= 0.3 is 0 Å². The van der Waals surface area contributed by atoms with Crippen LogP contribution in [0, 0.1) is 16.0 Å². The van der Waals surface area contributed by atoms with E-state index in [0.29, 0.717) is 16.3 Å². The van der Waals surface area contributed by atoms with Gasteiger partial charge in [0.1, 0.15) is 5.70 Å². The summed E-state index contributed by atoms with van der Waals surface area (Å²) in [6.07, 6.45) is 5.97. The molecule has 2 N–H and O–H groups in total. The number of amides is 2. The minimum atomic E-state index is -0.597. The molecule has 7 nitrogen and oxygen atoms in total. The maximum absolute atomic E-state index is 13.0. The third-order valence-corrected chi connectivity index (χ3v) is 5.60. The normalized spacial score (nSPS) is 14.7. The number of anilines is 1. The van der Waals surface area contributed by atoms with Crippen molar-refractivity contribution in [3.8, 4) is 0 Å². The molecule has 0 aromatic heterocycles. The molecule has 1 aliphatic carbocycles. The summed E-state index contributed by atoms with van der Waals surface area (Å²) >= 11 is 12.0. The van der Waals surface area contributed by atoms with Crippen LogP contribution in [0.15, 0.2) is 48.2 Å². The van der Waals surface area contributed by atoms with E-state index in [0.717, 1.165) is 32.1 Å². The Balaban J connectivity index is 1.88. The molecule has 162 valence electrons. The van der Waals surface area contributed by atoms with Gasteiger partial charge in [0.2, 0.25) is 5.91 Å². The van der Waals surface area contributed by atoms with Gasteiger partial charge in [0.05, 0.1) is 15.6 Å². The highest BCUT2D eigenvalue weighted by Gasteiger charge is 2.24. The first kappa shape index (κ1) is 22.8. The molecule has 0 aliphatic heterocycles. The molecule has 2 aromatic rings. The van der Waals surface area contributed by atoms with Crippen molar-refractivity contribution in [1.82, 2.24) is 5.32 Å². The highest BCUT2D eigenvalue weighted by atomic mass is 35.5. The second-order valence-corrected chi connectivity index (χ2v) is 8.16. The summed E-state index contributed by atoms with van der Waals surface area (Å²) in [5, 5.41) is 17.1. The Labute approximate surface area is 189 Å². The lowest BCUT2D eigenvalue weighted by molar-refractivity contribution is -0.384. The van der Waals surface area contributed by atoms with Gasteiger partial charge < -0.3 is 10.6 Å². The fourth-order valence-electron chi connectivity index (χ4n) is 3.43. The summed E-state index contributed by atoms with van der Waals surface area (Å²) in [5.41, 5.74) is 0.591. The van der Waals surface area contributed by atoms with Crippen molar-refractivity contribution in [3.63, 3.8) is 0 Å². The van der Waals surface area contributed by atoms with Crippen molar-refractivity contribution in [2.75, 3.05) is 5.32 Å². The van der Waals surface area contributed by atoms with Crippen molar-refractivity contribution in [2.45, 2.75) is 32.1 Å². The van der Waals surface area contributed by atoms with Crippen molar-refractivity contribution in [3.05, 3.63) is 73.9 Å². The molecule has 2 aromatic carbocycles. The van der Waals surface area contributed by atoms with Crippen molar-refractivity contribution >= 4 is 52.5 Å². The van der Waals surface area contributed by atoms with E-state index in [2.05, 4.69) is 10.6 Å². The minimum Gasteiger partial charge on any atom is -0.321 e. The van der Waals surface area contributed by atoms with Crippen molar-refractivity contribution < 1.29 is 14.5 Å². The zero-order valence-corrected chi connectivity index (χ0v) is 18.1. The number of carbonyl (C=O) groups is 2. The first-order valence-electron chi connectivity index (χ1n) is 9.87. The van der Waals surface area contributed by atoms with Gasteiger partial charge in [-0.15, -0.1) is 0 Å². The predicted octanol–water partition coefficient (Wildman–Crippen LogP) is 5.58. The molecule has 0 unspecified atom stereocenters. The molecule has 0 heterocycles. The smallest absolute Gasteiger partial charge is 0.272 e. The van der Waals surface area contributed by atoms with E-state index in [1.54, 1.807) is 18.2 Å². The molecule has 1 fully saturated rings. The lowest BCUT2D eigenvalue weighted by atomic mass is 9.88. The zero-order valence-electron chi connectivity index (χ0n) is 16.6. The van der Waals surface area contributed by atoms with Crippen LogP contribution in [0.1, 0.15) is 37.7 Å². The van der Waals surface area contributed by atoms with Gasteiger partial charge in [0, 0.05) is 23.1 Å². The van der Waals surface area contributed by atoms with Crippen LogP contribution >= 0.6 is 23.2 Å². The standard InChI is InChI=1S/C22H21Cl2N3O4/c23-16-9-10-19(18(24)13-16)25-22(29)20(26-21(28)15-6-2-1-3-7-15)12-14-5-4-8-17(11-14)27(30)31/h4-5,8-13,15H,1-3,6-7H2,(H,25,29)(H,26,28). The van der Waals surface area contributed by atoms with Crippen molar-refractivity contribution in [2.24, 2.45) is 5.92 Å². The molecule has 0 atom stereocenters. The van der Waals surface area contributed by atoms with Gasteiger partial charge in [-0.05, 0) is 42.7 Å². The second-order valence-electron chi connectivity index (χ2n) is 7.31. The Kier molecular flexibility index (Phi) is 7.65. The molecule has 31 heavy (non-hydrogen) atoms. The summed E-state index contributed by atoms with van der Waals surface area (Å²) < 4.78 is 0. The maximum Gasteiger partial charge on any atom is 0.272 e. The van der Waals surface area contributed by atoms with Crippen LogP contribution in [0.25, 0.3) is 6.08 Å². The summed E-state index contributed by atoms with van der Waals surface area (Å²) in [6.45, 7) is 0. The van der Waals surface area contributed by atoms with Crippen LogP contribution in [0.2, 0.25) is 10.0 Å². The monoisotopic (exact) mass is 461 g/mol. The van der Waals surface area contributed by atoms with E-state index in [1.807, 2.05) is 0 Å². The molecule has 0 radical (unpaired) electrons. The van der Waals surface area contributed by atoms with Crippen LogP contribution in [0.3, 0.4) is 0 Å². The number of nitrogens with one attached hydrogen (secondary N) is 2. The number of benzene rings is 2. The van der Waals surface area contributed by atoms with Gasteiger partial charge in [-0.3, -0.25) is 19.7 Å². The Morgan fingerprint density at radius 1 is 1.06 bits per heavy atom. The van der Waals surface area contributed by atoms with Gasteiger partial charge in [0.25, 0.3) is 11.6 Å². The number of rotatable bonds is 6. The van der Waals surface area contributed by atoms with Crippen LogP contribution in [-0.4, -0.2) is 16.7 Å². The number of nitrogens with zero attached hydrogens (tertiary/aromatic N) is 1. The number of nitro groups is 1. The molecule has 1 saturated carbocycles. The summed E-state index contributed by atoms with van der Waals surface area (Å²) in [7, 11) is 0. The van der Waals surface area contributed by atoms with E-state index in [-0.39, 0.29) is 28.2 Å². The van der Waals surface area contributed by atoms with Gasteiger partial charge in [-0.2, -0.15) is 0 Å². The summed E-state index contributed by atoms with van der Waals surface area (Å²) in [5.74, 6) is -1.01. The molecule has 0 saturated heterocycles. The largest absolute Gasteiger partial charge is 0.321 e. The SMILES string of the molecule is O=C(Nc1ccc(Cl)cc1Cl)C(=Cc1cccc([N+](=O)[O-])c1)NC(=O)C1CCCCC1. The molecule has 2 amide bonds. The summed E-state index contributed by atoms with van der Waals surface area (Å²) in [4.78, 5) is 36.3. The molecule has 3 rings (SSSR count). The quantitative estimate of drug-likeness (QED) is 0.333. The number of hydrogen-bond donors (Lipinski definition) is 2. The Hall–Kier alpha value is -2.90. The third kappa shape index (κ3) is 6.29. The lowest BCUT2D eigenvalue weighted by Crippen LogP contribution is -2.35. The minimum absolute atomic E-state index is 0.0258. The molecule has 0 spiro atoms. The highest BCUT2D eigenvalue weighted by molar-refractivity contribution is 6.36. The van der Waals surface area contributed by atoms with Crippen LogP contribution in [-0.2, 0) is 9.59 Å². The first-order valence-corrected chi connectivity index (χ1v) is 10.6. The number of halogens is 2. The molecular weight excluding hydrogens is 441 g/mol. The van der Waals surface area contributed by atoms with E-state index in [4.69, 9.17) is 23.2 Å². The van der Waals surface area contributed by atoms with Crippen molar-refractivity contribution in [1.29, 1.82) is 0 Å². The first-order chi connectivity index (χ1) is 14.8. The van der Waals surface area contributed by atoms with Gasteiger partial charge in [-0.25, -0.2) is 0 Å². The predicted molar refractivity (Wildman–Crippen MR) is 121 cm³/mol. The Bertz CT molecular complexity index is 1030. The van der Waals surface area contributed by atoms with Crippen LogP contribution in [0.4, 0.5) is 11.4 Å². The molecule has 9 heteroatoms. The number of non-ortho nitro benzene ring substituents is 1. The fraction of sp³-hybridized carbons (Fsp3) is 0.273.